The molecule has 0 spiro atoms. The van der Waals surface area contributed by atoms with Crippen molar-refractivity contribution in [1.29, 1.82) is 0 Å². The van der Waals surface area contributed by atoms with Gasteiger partial charge in [-0.05, 0) is 18.4 Å². The van der Waals surface area contributed by atoms with Gasteiger partial charge in [-0.3, -0.25) is 0 Å². The number of aryl methyl sites for hydroxylation is 1. The lowest BCUT2D eigenvalue weighted by Crippen LogP contribution is -1.93. The molecule has 2 heteroatoms. The van der Waals surface area contributed by atoms with Crippen LogP contribution < -0.4 is 0 Å². The fourth-order valence-electron chi connectivity index (χ4n) is 1.34. The van der Waals surface area contributed by atoms with E-state index in [1.807, 2.05) is 6.07 Å². The van der Waals surface area contributed by atoms with Crippen molar-refractivity contribution in [1.82, 2.24) is 0 Å². The maximum atomic E-state index is 12.5. The van der Waals surface area contributed by atoms with Crippen LogP contribution in [0.2, 0.25) is 0 Å². The zero-order valence-corrected chi connectivity index (χ0v) is 7.76. The summed E-state index contributed by atoms with van der Waals surface area (Å²) in [7, 11) is 0. The first-order valence-corrected chi connectivity index (χ1v) is 4.61. The highest BCUT2D eigenvalue weighted by atomic mass is 19.3. The second kappa shape index (κ2) is 4.95. The van der Waals surface area contributed by atoms with Gasteiger partial charge in [-0.1, -0.05) is 37.6 Å². The van der Waals surface area contributed by atoms with Crippen molar-refractivity contribution >= 4 is 0 Å². The van der Waals surface area contributed by atoms with E-state index in [2.05, 4.69) is 6.92 Å². The van der Waals surface area contributed by atoms with Crippen molar-refractivity contribution in [2.24, 2.45) is 0 Å². The molecule has 0 aliphatic carbocycles. The molecule has 0 bridgehead atoms. The Hall–Kier alpha value is -0.920. The highest BCUT2D eigenvalue weighted by molar-refractivity contribution is 5.28. The minimum Gasteiger partial charge on any atom is -0.205 e. The molecule has 0 heterocycles. The summed E-state index contributed by atoms with van der Waals surface area (Å²) in [6, 6.07) is 6.78. The van der Waals surface area contributed by atoms with Crippen LogP contribution in [-0.4, -0.2) is 0 Å². The lowest BCUT2D eigenvalue weighted by Gasteiger charge is -2.07. The number of hydrogen-bond donors (Lipinski definition) is 0. The average Bonchev–Trinajstić information content (AvgIpc) is 2.15. The molecule has 0 fully saturated rings. The third kappa shape index (κ3) is 2.79. The van der Waals surface area contributed by atoms with Crippen LogP contribution in [0.25, 0.3) is 0 Å². The van der Waals surface area contributed by atoms with Crippen LogP contribution in [-0.2, 0) is 6.42 Å². The first kappa shape index (κ1) is 10.2. The van der Waals surface area contributed by atoms with E-state index in [9.17, 15) is 8.78 Å². The Bertz CT molecular complexity index is 256. The Labute approximate surface area is 77.6 Å². The molecule has 0 amide bonds. The monoisotopic (exact) mass is 184 g/mol. The van der Waals surface area contributed by atoms with Crippen LogP contribution in [0.3, 0.4) is 0 Å². The summed E-state index contributed by atoms with van der Waals surface area (Å²) in [5.41, 5.74) is 0.982. The average molecular weight is 184 g/mol. The topological polar surface area (TPSA) is 0 Å². The standard InChI is InChI=1S/C11H14F2/c1-2-3-6-9-7-4-5-8-10(9)11(12)13/h4-5,7-8,11H,2-3,6H2,1H3. The van der Waals surface area contributed by atoms with Gasteiger partial charge in [0.1, 0.15) is 0 Å². The number of unbranched alkanes of at least 4 members (excludes halogenated alkanes) is 1. The summed E-state index contributed by atoms with van der Waals surface area (Å²) in [6.07, 6.45) is 0.436. The van der Waals surface area contributed by atoms with Gasteiger partial charge in [0.2, 0.25) is 0 Å². The zero-order chi connectivity index (χ0) is 9.68. The van der Waals surface area contributed by atoms with Gasteiger partial charge >= 0.3 is 0 Å². The van der Waals surface area contributed by atoms with Crippen LogP contribution in [0.4, 0.5) is 8.78 Å². The second-order valence-corrected chi connectivity index (χ2v) is 3.10. The summed E-state index contributed by atoms with van der Waals surface area (Å²) in [4.78, 5) is 0. The summed E-state index contributed by atoms with van der Waals surface area (Å²) in [6.45, 7) is 2.06. The van der Waals surface area contributed by atoms with Crippen LogP contribution >= 0.6 is 0 Å². The van der Waals surface area contributed by atoms with Gasteiger partial charge in [-0.2, -0.15) is 0 Å². The van der Waals surface area contributed by atoms with E-state index in [1.54, 1.807) is 12.1 Å². The fraction of sp³-hybridized carbons (Fsp3) is 0.455. The van der Waals surface area contributed by atoms with Gasteiger partial charge in [-0.25, -0.2) is 8.78 Å². The molecule has 0 aliphatic rings. The molecule has 1 aromatic carbocycles. The molecule has 72 valence electrons. The quantitative estimate of drug-likeness (QED) is 0.664. The van der Waals surface area contributed by atoms with Crippen molar-refractivity contribution in [2.75, 3.05) is 0 Å². The van der Waals surface area contributed by atoms with E-state index in [-0.39, 0.29) is 5.56 Å². The highest BCUT2D eigenvalue weighted by Crippen LogP contribution is 2.23. The van der Waals surface area contributed by atoms with E-state index in [0.29, 0.717) is 0 Å². The predicted octanol–water partition coefficient (Wildman–Crippen LogP) is 3.97. The largest absolute Gasteiger partial charge is 0.264 e. The lowest BCUT2D eigenvalue weighted by molar-refractivity contribution is 0.150. The highest BCUT2D eigenvalue weighted by Gasteiger charge is 2.10. The molecule has 0 aliphatic heterocycles. The van der Waals surface area contributed by atoms with E-state index >= 15 is 0 Å². The van der Waals surface area contributed by atoms with Gasteiger partial charge in [0.15, 0.2) is 0 Å². The van der Waals surface area contributed by atoms with Gasteiger partial charge in [0, 0.05) is 5.56 Å². The molecule has 0 atom stereocenters. The molecule has 0 saturated heterocycles. The third-order valence-electron chi connectivity index (χ3n) is 2.09. The number of rotatable bonds is 4. The number of hydrogen-bond acceptors (Lipinski definition) is 0. The van der Waals surface area contributed by atoms with Gasteiger partial charge in [0.25, 0.3) is 6.43 Å². The smallest absolute Gasteiger partial charge is 0.205 e. The van der Waals surface area contributed by atoms with Gasteiger partial charge in [-0.15, -0.1) is 0 Å². The maximum absolute atomic E-state index is 12.5. The fourth-order valence-corrected chi connectivity index (χ4v) is 1.34. The van der Waals surface area contributed by atoms with E-state index < -0.39 is 6.43 Å². The van der Waals surface area contributed by atoms with Crippen LogP contribution in [0.5, 0.6) is 0 Å². The zero-order valence-electron chi connectivity index (χ0n) is 7.76. The molecule has 0 nitrogen and oxygen atoms in total. The molecular weight excluding hydrogens is 170 g/mol. The summed E-state index contributed by atoms with van der Waals surface area (Å²) in [5.74, 6) is 0. The Balaban J connectivity index is 2.78. The van der Waals surface area contributed by atoms with E-state index in [0.717, 1.165) is 24.8 Å². The molecule has 0 N–H and O–H groups in total. The molecule has 1 aromatic rings. The minimum absolute atomic E-state index is 0.191. The molecule has 1 rings (SSSR count). The Morgan fingerprint density at radius 2 is 1.92 bits per heavy atom. The molecule has 0 radical (unpaired) electrons. The van der Waals surface area contributed by atoms with Crippen molar-refractivity contribution in [3.05, 3.63) is 35.4 Å². The number of halogens is 2. The number of benzene rings is 1. The Kier molecular flexibility index (Phi) is 3.87. The molecule has 0 unspecified atom stereocenters. The molecular formula is C11H14F2. The molecule has 13 heavy (non-hydrogen) atoms. The first-order chi connectivity index (χ1) is 6.25. The van der Waals surface area contributed by atoms with Crippen LogP contribution in [0.1, 0.15) is 37.3 Å². The summed E-state index contributed by atoms with van der Waals surface area (Å²) >= 11 is 0. The SMILES string of the molecule is CCCCc1ccccc1C(F)F. The van der Waals surface area contributed by atoms with Crippen molar-refractivity contribution in [3.8, 4) is 0 Å². The Morgan fingerprint density at radius 1 is 1.23 bits per heavy atom. The second-order valence-electron chi connectivity index (χ2n) is 3.10. The first-order valence-electron chi connectivity index (χ1n) is 4.61. The molecule has 0 saturated carbocycles. The number of alkyl halides is 2. The van der Waals surface area contributed by atoms with E-state index in [4.69, 9.17) is 0 Å². The van der Waals surface area contributed by atoms with E-state index in [1.165, 1.54) is 6.07 Å². The van der Waals surface area contributed by atoms with Crippen molar-refractivity contribution < 1.29 is 8.78 Å². The summed E-state index contributed by atoms with van der Waals surface area (Å²) in [5, 5.41) is 0. The lowest BCUT2D eigenvalue weighted by atomic mass is 10.0. The van der Waals surface area contributed by atoms with Crippen molar-refractivity contribution in [2.45, 2.75) is 32.6 Å². The van der Waals surface area contributed by atoms with Crippen LogP contribution in [0.15, 0.2) is 24.3 Å². The van der Waals surface area contributed by atoms with Gasteiger partial charge < -0.3 is 0 Å². The maximum Gasteiger partial charge on any atom is 0.264 e. The Morgan fingerprint density at radius 3 is 2.54 bits per heavy atom. The minimum atomic E-state index is -2.34. The third-order valence-corrected chi connectivity index (χ3v) is 2.09. The summed E-state index contributed by atoms with van der Waals surface area (Å²) < 4.78 is 24.9. The van der Waals surface area contributed by atoms with Crippen molar-refractivity contribution in [3.63, 3.8) is 0 Å². The molecule has 0 aromatic heterocycles. The van der Waals surface area contributed by atoms with Crippen LogP contribution in [0, 0.1) is 0 Å². The normalized spacial score (nSPS) is 10.8. The van der Waals surface area contributed by atoms with Gasteiger partial charge in [0.05, 0.1) is 0 Å². The predicted molar refractivity (Wildman–Crippen MR) is 50.0 cm³/mol.